The van der Waals surface area contributed by atoms with Crippen LogP contribution >= 0.6 is 11.8 Å². The van der Waals surface area contributed by atoms with Crippen molar-refractivity contribution in [2.45, 2.75) is 49.1 Å². The molecule has 0 spiro atoms. The fraction of sp³-hybridized carbons (Fsp3) is 0.296. The van der Waals surface area contributed by atoms with Gasteiger partial charge < -0.3 is 20.5 Å². The Balaban J connectivity index is 1.32. The number of hydrogen-bond acceptors (Lipinski definition) is 6. The topological polar surface area (TPSA) is 101 Å². The molecule has 0 radical (unpaired) electrons. The number of nitrogens with zero attached hydrogens (tertiary/aromatic N) is 1. The van der Waals surface area contributed by atoms with Crippen LogP contribution in [-0.4, -0.2) is 40.2 Å². The van der Waals surface area contributed by atoms with E-state index in [9.17, 15) is 19.1 Å². The summed E-state index contributed by atoms with van der Waals surface area (Å²) in [5.74, 6) is -0.577. The third-order valence-electron chi connectivity index (χ3n) is 6.09. The number of hydrogen-bond donors (Lipinski definition) is 3. The smallest absolute Gasteiger partial charge is 0.257 e. The second-order valence-corrected chi connectivity index (χ2v) is 9.56. The zero-order valence-electron chi connectivity index (χ0n) is 19.9. The second-order valence-electron chi connectivity index (χ2n) is 8.68. The fourth-order valence-electron chi connectivity index (χ4n) is 4.20. The highest BCUT2D eigenvalue weighted by atomic mass is 32.2. The number of ether oxygens (including phenoxy) is 1. The van der Waals surface area contributed by atoms with Crippen molar-refractivity contribution in [3.63, 3.8) is 0 Å². The van der Waals surface area contributed by atoms with E-state index in [1.165, 1.54) is 0 Å². The first-order valence-corrected chi connectivity index (χ1v) is 13.0. The molecule has 2 aromatic carbocycles. The fourth-order valence-corrected chi connectivity index (χ4v) is 4.65. The summed E-state index contributed by atoms with van der Waals surface area (Å²) in [6, 6.07) is 15.1. The SMILES string of the molecule is CSc1cccc(Oc2ncc(F)cc2C(=O)NC2CCC(NC(=O)Cc3ccccc3O)CC2)c1. The van der Waals surface area contributed by atoms with Crippen LogP contribution in [0.4, 0.5) is 4.39 Å². The first kappa shape index (κ1) is 25.5. The summed E-state index contributed by atoms with van der Waals surface area (Å²) in [5, 5.41) is 15.8. The molecular formula is C27H28FN3O4S. The van der Waals surface area contributed by atoms with E-state index in [4.69, 9.17) is 4.74 Å². The van der Waals surface area contributed by atoms with Gasteiger partial charge in [-0.25, -0.2) is 9.37 Å². The molecule has 188 valence electrons. The van der Waals surface area contributed by atoms with Gasteiger partial charge in [-0.3, -0.25) is 9.59 Å². The van der Waals surface area contributed by atoms with Crippen molar-refractivity contribution >= 4 is 23.6 Å². The Kier molecular flexibility index (Phi) is 8.43. The third-order valence-corrected chi connectivity index (χ3v) is 6.81. The number of amides is 2. The summed E-state index contributed by atoms with van der Waals surface area (Å²) in [7, 11) is 0. The van der Waals surface area contributed by atoms with E-state index < -0.39 is 11.7 Å². The molecule has 0 atom stereocenters. The predicted molar refractivity (Wildman–Crippen MR) is 136 cm³/mol. The van der Waals surface area contributed by atoms with Gasteiger partial charge in [0, 0.05) is 22.5 Å². The average Bonchev–Trinajstić information content (AvgIpc) is 2.87. The van der Waals surface area contributed by atoms with Crippen LogP contribution in [0, 0.1) is 5.82 Å². The van der Waals surface area contributed by atoms with Gasteiger partial charge in [0.1, 0.15) is 22.9 Å². The van der Waals surface area contributed by atoms with Crippen molar-refractivity contribution in [3.05, 3.63) is 77.7 Å². The minimum absolute atomic E-state index is 0.00468. The largest absolute Gasteiger partial charge is 0.508 e. The quantitative estimate of drug-likeness (QED) is 0.376. The summed E-state index contributed by atoms with van der Waals surface area (Å²) in [5.41, 5.74) is 0.612. The van der Waals surface area contributed by atoms with Gasteiger partial charge in [-0.15, -0.1) is 11.8 Å². The van der Waals surface area contributed by atoms with Crippen LogP contribution < -0.4 is 15.4 Å². The minimum atomic E-state index is -0.624. The normalized spacial score (nSPS) is 17.3. The number of benzene rings is 2. The number of aromatic nitrogens is 1. The number of para-hydroxylation sites is 1. The highest BCUT2D eigenvalue weighted by Crippen LogP contribution is 2.28. The van der Waals surface area contributed by atoms with E-state index in [2.05, 4.69) is 15.6 Å². The van der Waals surface area contributed by atoms with E-state index in [0.29, 0.717) is 37.0 Å². The number of aromatic hydroxyl groups is 1. The molecule has 1 heterocycles. The zero-order valence-corrected chi connectivity index (χ0v) is 20.7. The molecule has 3 N–H and O–H groups in total. The number of phenolic OH excluding ortho intramolecular Hbond substituents is 1. The molecule has 0 unspecified atom stereocenters. The lowest BCUT2D eigenvalue weighted by atomic mass is 9.90. The van der Waals surface area contributed by atoms with Crippen LogP contribution in [0.2, 0.25) is 0 Å². The maximum atomic E-state index is 13.9. The van der Waals surface area contributed by atoms with Gasteiger partial charge in [0.2, 0.25) is 11.8 Å². The predicted octanol–water partition coefficient (Wildman–Crippen LogP) is 4.84. The summed E-state index contributed by atoms with van der Waals surface area (Å²) in [4.78, 5) is 30.4. The van der Waals surface area contributed by atoms with Gasteiger partial charge >= 0.3 is 0 Å². The molecule has 4 rings (SSSR count). The van der Waals surface area contributed by atoms with Gasteiger partial charge in [-0.2, -0.15) is 0 Å². The Labute approximate surface area is 213 Å². The number of halogens is 1. The molecule has 1 fully saturated rings. The lowest BCUT2D eigenvalue weighted by Gasteiger charge is -2.29. The molecule has 1 aliphatic rings. The monoisotopic (exact) mass is 509 g/mol. The van der Waals surface area contributed by atoms with Gasteiger partial charge in [-0.05, 0) is 62.3 Å². The second kappa shape index (κ2) is 11.9. The maximum Gasteiger partial charge on any atom is 0.257 e. The first-order chi connectivity index (χ1) is 17.4. The van der Waals surface area contributed by atoms with Crippen LogP contribution in [0.15, 0.2) is 65.7 Å². The highest BCUT2D eigenvalue weighted by Gasteiger charge is 2.26. The number of thioether (sulfide) groups is 1. The number of rotatable bonds is 8. The van der Waals surface area contributed by atoms with Gasteiger partial charge in [-0.1, -0.05) is 24.3 Å². The first-order valence-electron chi connectivity index (χ1n) is 11.8. The number of carbonyl (C=O) groups excluding carboxylic acids is 2. The molecule has 2 amide bonds. The summed E-state index contributed by atoms with van der Waals surface area (Å²) < 4.78 is 19.8. The molecule has 0 saturated heterocycles. The zero-order chi connectivity index (χ0) is 25.5. The number of phenols is 1. The maximum absolute atomic E-state index is 13.9. The average molecular weight is 510 g/mol. The molecule has 7 nitrogen and oxygen atoms in total. The van der Waals surface area contributed by atoms with Crippen molar-refractivity contribution in [1.29, 1.82) is 0 Å². The van der Waals surface area contributed by atoms with E-state index in [1.807, 2.05) is 24.5 Å². The van der Waals surface area contributed by atoms with Crippen LogP contribution in [0.1, 0.15) is 41.6 Å². The Bertz CT molecular complexity index is 1230. The molecule has 36 heavy (non-hydrogen) atoms. The van der Waals surface area contributed by atoms with E-state index in [-0.39, 0.29) is 41.6 Å². The van der Waals surface area contributed by atoms with Crippen LogP contribution in [0.5, 0.6) is 17.4 Å². The molecule has 0 bridgehead atoms. The van der Waals surface area contributed by atoms with E-state index in [0.717, 1.165) is 17.2 Å². The molecule has 1 aromatic heterocycles. The van der Waals surface area contributed by atoms with E-state index >= 15 is 0 Å². The number of nitrogens with one attached hydrogen (secondary N) is 2. The Hall–Kier alpha value is -3.59. The molecular weight excluding hydrogens is 481 g/mol. The Morgan fingerprint density at radius 1 is 1.06 bits per heavy atom. The van der Waals surface area contributed by atoms with Gasteiger partial charge in [0.05, 0.1) is 12.6 Å². The Morgan fingerprint density at radius 2 is 1.78 bits per heavy atom. The van der Waals surface area contributed by atoms with Crippen LogP contribution in [0.3, 0.4) is 0 Å². The number of carbonyl (C=O) groups is 2. The summed E-state index contributed by atoms with van der Waals surface area (Å²) >= 11 is 1.56. The third kappa shape index (κ3) is 6.75. The van der Waals surface area contributed by atoms with Crippen molar-refractivity contribution in [2.24, 2.45) is 0 Å². The van der Waals surface area contributed by atoms with Crippen molar-refractivity contribution in [2.75, 3.05) is 6.26 Å². The van der Waals surface area contributed by atoms with Gasteiger partial charge in [0.25, 0.3) is 5.91 Å². The molecule has 0 aliphatic heterocycles. The lowest BCUT2D eigenvalue weighted by molar-refractivity contribution is -0.121. The van der Waals surface area contributed by atoms with Crippen molar-refractivity contribution in [3.8, 4) is 17.4 Å². The molecule has 1 saturated carbocycles. The summed E-state index contributed by atoms with van der Waals surface area (Å²) in [6.07, 6.45) is 5.81. The molecule has 1 aliphatic carbocycles. The number of pyridine rings is 1. The highest BCUT2D eigenvalue weighted by molar-refractivity contribution is 7.98. The molecule has 3 aromatic rings. The van der Waals surface area contributed by atoms with Crippen LogP contribution in [-0.2, 0) is 11.2 Å². The molecule has 9 heteroatoms. The Morgan fingerprint density at radius 3 is 2.50 bits per heavy atom. The van der Waals surface area contributed by atoms with Crippen LogP contribution in [0.25, 0.3) is 0 Å². The standard InChI is InChI=1S/C27H28FN3O4S/c1-36-22-7-4-6-21(15-22)35-27-23(14-18(28)16-29-27)26(34)31-20-11-9-19(10-12-20)30-25(33)13-17-5-2-3-8-24(17)32/h2-8,14-16,19-20,32H,9-13H2,1H3,(H,30,33)(H,31,34). The summed E-state index contributed by atoms with van der Waals surface area (Å²) in [6.45, 7) is 0. The van der Waals surface area contributed by atoms with Crippen molar-refractivity contribution < 1.29 is 23.8 Å². The lowest BCUT2D eigenvalue weighted by Crippen LogP contribution is -2.44. The minimum Gasteiger partial charge on any atom is -0.508 e. The van der Waals surface area contributed by atoms with Crippen molar-refractivity contribution in [1.82, 2.24) is 15.6 Å². The van der Waals surface area contributed by atoms with Gasteiger partial charge in [0.15, 0.2) is 0 Å². The van der Waals surface area contributed by atoms with E-state index in [1.54, 1.807) is 42.1 Å².